The number of aliphatic hydroxyl groups is 1. The van der Waals surface area contributed by atoms with Crippen LogP contribution in [0.2, 0.25) is 10.0 Å². The van der Waals surface area contributed by atoms with Crippen molar-refractivity contribution in [2.45, 2.75) is 12.5 Å². The number of pyridine rings is 1. The summed E-state index contributed by atoms with van der Waals surface area (Å²) in [5, 5.41) is 11.1. The van der Waals surface area contributed by atoms with E-state index >= 15 is 0 Å². The molecule has 0 fully saturated rings. The molecule has 1 aromatic carbocycles. The molecule has 94 valence electrons. The molecule has 1 atom stereocenters. The van der Waals surface area contributed by atoms with Gasteiger partial charge in [-0.25, -0.2) is 4.98 Å². The Kier molecular flexibility index (Phi) is 4.07. The van der Waals surface area contributed by atoms with Crippen LogP contribution in [-0.4, -0.2) is 10.1 Å². The van der Waals surface area contributed by atoms with Gasteiger partial charge < -0.3 is 10.8 Å². The van der Waals surface area contributed by atoms with Crippen LogP contribution in [0.15, 0.2) is 36.5 Å². The van der Waals surface area contributed by atoms with Crippen LogP contribution < -0.4 is 5.73 Å². The zero-order chi connectivity index (χ0) is 13.1. The first-order valence-corrected chi connectivity index (χ1v) is 6.16. The van der Waals surface area contributed by atoms with E-state index in [4.69, 9.17) is 28.9 Å². The molecule has 0 saturated heterocycles. The van der Waals surface area contributed by atoms with Gasteiger partial charge in [-0.15, -0.1) is 0 Å². The van der Waals surface area contributed by atoms with E-state index in [1.807, 2.05) is 6.07 Å². The molecule has 0 radical (unpaired) electrons. The molecule has 0 aliphatic heterocycles. The van der Waals surface area contributed by atoms with Crippen molar-refractivity contribution in [3.8, 4) is 0 Å². The summed E-state index contributed by atoms with van der Waals surface area (Å²) >= 11 is 12.1. The number of nitrogen functional groups attached to an aromatic ring is 1. The quantitative estimate of drug-likeness (QED) is 0.909. The fraction of sp³-hybridized carbons (Fsp3) is 0.154. The highest BCUT2D eigenvalue weighted by atomic mass is 35.5. The summed E-state index contributed by atoms with van der Waals surface area (Å²) < 4.78 is 0. The van der Waals surface area contributed by atoms with Gasteiger partial charge in [0.1, 0.15) is 5.82 Å². The van der Waals surface area contributed by atoms with Crippen molar-refractivity contribution in [2.75, 3.05) is 5.73 Å². The minimum Gasteiger partial charge on any atom is -0.388 e. The minimum absolute atomic E-state index is 0.323. The maximum Gasteiger partial charge on any atom is 0.126 e. The van der Waals surface area contributed by atoms with Crippen molar-refractivity contribution in [1.29, 1.82) is 0 Å². The van der Waals surface area contributed by atoms with E-state index in [-0.39, 0.29) is 0 Å². The molecule has 0 aliphatic rings. The third-order valence-corrected chi connectivity index (χ3v) is 3.33. The second-order valence-corrected chi connectivity index (χ2v) is 4.72. The fourth-order valence-corrected chi connectivity index (χ4v) is 2.41. The summed E-state index contributed by atoms with van der Waals surface area (Å²) in [5.74, 6) is 0.403. The van der Waals surface area contributed by atoms with Crippen LogP contribution in [0, 0.1) is 0 Å². The molecular formula is C13H12Cl2N2O. The lowest BCUT2D eigenvalue weighted by Gasteiger charge is -2.15. The molecule has 5 heteroatoms. The van der Waals surface area contributed by atoms with Crippen LogP contribution in [0.5, 0.6) is 0 Å². The Bertz CT molecular complexity index is 540. The van der Waals surface area contributed by atoms with Crippen LogP contribution in [0.25, 0.3) is 0 Å². The summed E-state index contributed by atoms with van der Waals surface area (Å²) in [4.78, 5) is 3.97. The maximum absolute atomic E-state index is 10.2. The zero-order valence-corrected chi connectivity index (χ0v) is 11.0. The van der Waals surface area contributed by atoms with Crippen molar-refractivity contribution >= 4 is 29.0 Å². The van der Waals surface area contributed by atoms with Crippen LogP contribution in [0.1, 0.15) is 17.2 Å². The Balaban J connectivity index is 2.28. The molecule has 0 aliphatic carbocycles. The third-order valence-electron chi connectivity index (χ3n) is 2.67. The molecule has 1 unspecified atom stereocenters. The molecule has 0 bridgehead atoms. The molecule has 1 aromatic heterocycles. The highest BCUT2D eigenvalue weighted by Crippen LogP contribution is 2.32. The van der Waals surface area contributed by atoms with Crippen molar-refractivity contribution in [1.82, 2.24) is 4.98 Å². The lowest BCUT2D eigenvalue weighted by Crippen LogP contribution is -2.06. The number of rotatable bonds is 3. The molecule has 18 heavy (non-hydrogen) atoms. The summed E-state index contributed by atoms with van der Waals surface area (Å²) in [6, 6.07) is 8.71. The largest absolute Gasteiger partial charge is 0.388 e. The first kappa shape index (κ1) is 13.1. The summed E-state index contributed by atoms with van der Waals surface area (Å²) in [5.41, 5.74) is 7.02. The van der Waals surface area contributed by atoms with Gasteiger partial charge in [0.15, 0.2) is 0 Å². The fourth-order valence-electron chi connectivity index (χ4n) is 1.76. The first-order chi connectivity index (χ1) is 8.59. The molecule has 2 rings (SSSR count). The second kappa shape index (κ2) is 5.57. The van der Waals surface area contributed by atoms with Gasteiger partial charge in [-0.05, 0) is 23.8 Å². The Labute approximate surface area is 115 Å². The SMILES string of the molecule is Nc1ncccc1CC(O)c1c(Cl)cccc1Cl. The van der Waals surface area contributed by atoms with Gasteiger partial charge in [-0.1, -0.05) is 35.3 Å². The predicted octanol–water partition coefficient (Wildman–Crippen LogP) is 3.25. The Morgan fingerprint density at radius 3 is 2.44 bits per heavy atom. The number of hydrogen-bond donors (Lipinski definition) is 2. The maximum atomic E-state index is 10.2. The molecule has 2 aromatic rings. The molecule has 0 amide bonds. The van der Waals surface area contributed by atoms with E-state index in [1.165, 1.54) is 0 Å². The van der Waals surface area contributed by atoms with Gasteiger partial charge in [0, 0.05) is 28.2 Å². The minimum atomic E-state index is -0.808. The highest BCUT2D eigenvalue weighted by molar-refractivity contribution is 6.36. The second-order valence-electron chi connectivity index (χ2n) is 3.90. The van der Waals surface area contributed by atoms with E-state index in [0.29, 0.717) is 27.8 Å². The average Bonchev–Trinajstić information content (AvgIpc) is 2.32. The molecule has 1 heterocycles. The highest BCUT2D eigenvalue weighted by Gasteiger charge is 2.17. The lowest BCUT2D eigenvalue weighted by molar-refractivity contribution is 0.179. The van der Waals surface area contributed by atoms with Crippen LogP contribution in [0.3, 0.4) is 0 Å². The van der Waals surface area contributed by atoms with Gasteiger partial charge in [-0.3, -0.25) is 0 Å². The number of aromatic nitrogens is 1. The van der Waals surface area contributed by atoms with Gasteiger partial charge in [0.2, 0.25) is 0 Å². The Morgan fingerprint density at radius 2 is 1.83 bits per heavy atom. The number of hydrogen-bond acceptors (Lipinski definition) is 3. The smallest absolute Gasteiger partial charge is 0.126 e. The summed E-state index contributed by atoms with van der Waals surface area (Å²) in [6.45, 7) is 0. The van der Waals surface area contributed by atoms with E-state index in [2.05, 4.69) is 4.98 Å². The summed E-state index contributed by atoms with van der Waals surface area (Å²) in [6.07, 6.45) is 1.12. The van der Waals surface area contributed by atoms with Crippen molar-refractivity contribution in [3.63, 3.8) is 0 Å². The third kappa shape index (κ3) is 2.75. The van der Waals surface area contributed by atoms with Crippen molar-refractivity contribution in [3.05, 3.63) is 57.7 Å². The molecule has 3 N–H and O–H groups in total. The van der Waals surface area contributed by atoms with Crippen molar-refractivity contribution in [2.24, 2.45) is 0 Å². The molecule has 0 saturated carbocycles. The van der Waals surface area contributed by atoms with Crippen LogP contribution >= 0.6 is 23.2 Å². The monoisotopic (exact) mass is 282 g/mol. The zero-order valence-electron chi connectivity index (χ0n) is 9.48. The molecule has 3 nitrogen and oxygen atoms in total. The van der Waals surface area contributed by atoms with Crippen molar-refractivity contribution < 1.29 is 5.11 Å². The Hall–Kier alpha value is -1.29. The standard InChI is InChI=1S/C13H12Cl2N2O/c14-9-4-1-5-10(15)12(9)11(18)7-8-3-2-6-17-13(8)16/h1-6,11,18H,7H2,(H2,16,17). The van der Waals surface area contributed by atoms with Gasteiger partial charge in [-0.2, -0.15) is 0 Å². The normalized spacial score (nSPS) is 12.4. The van der Waals surface area contributed by atoms with E-state index in [9.17, 15) is 5.11 Å². The molecule has 0 spiro atoms. The Morgan fingerprint density at radius 1 is 1.17 bits per heavy atom. The summed E-state index contributed by atoms with van der Waals surface area (Å²) in [7, 11) is 0. The lowest BCUT2D eigenvalue weighted by atomic mass is 10.0. The van der Waals surface area contributed by atoms with E-state index in [0.717, 1.165) is 5.56 Å². The number of anilines is 1. The number of nitrogens with two attached hydrogens (primary N) is 1. The van der Waals surface area contributed by atoms with Crippen LogP contribution in [-0.2, 0) is 6.42 Å². The average molecular weight is 283 g/mol. The number of halogens is 2. The van der Waals surface area contributed by atoms with E-state index in [1.54, 1.807) is 30.5 Å². The first-order valence-electron chi connectivity index (χ1n) is 5.41. The van der Waals surface area contributed by atoms with E-state index < -0.39 is 6.10 Å². The molecular weight excluding hydrogens is 271 g/mol. The van der Waals surface area contributed by atoms with Crippen LogP contribution in [0.4, 0.5) is 5.82 Å². The number of benzene rings is 1. The van der Waals surface area contributed by atoms with Gasteiger partial charge in [0.25, 0.3) is 0 Å². The van der Waals surface area contributed by atoms with Gasteiger partial charge >= 0.3 is 0 Å². The van der Waals surface area contributed by atoms with Gasteiger partial charge in [0.05, 0.1) is 6.10 Å². The topological polar surface area (TPSA) is 59.1 Å². The predicted molar refractivity (Wildman–Crippen MR) is 73.8 cm³/mol. The number of aliphatic hydroxyl groups excluding tert-OH is 1. The number of nitrogens with zero attached hydrogens (tertiary/aromatic N) is 1.